The average Bonchev–Trinajstić information content (AvgIpc) is 3.22. The third-order valence-electron chi connectivity index (χ3n) is 6.80. The number of nitrogens with zero attached hydrogens (tertiary/aromatic N) is 4. The Morgan fingerprint density at radius 2 is 1.97 bits per heavy atom. The largest absolute Gasteiger partial charge is 0.362 e. The lowest BCUT2D eigenvalue weighted by atomic mass is 9.62. The number of aryl methyl sites for hydroxylation is 2. The zero-order valence-electron chi connectivity index (χ0n) is 19.2. The molecule has 0 radical (unpaired) electrons. The summed E-state index contributed by atoms with van der Waals surface area (Å²) < 4.78 is 0. The maximum atomic E-state index is 13.5. The molecule has 2 aromatic rings. The molecule has 3 aliphatic rings. The van der Waals surface area contributed by atoms with E-state index in [0.29, 0.717) is 0 Å². The lowest BCUT2D eigenvalue weighted by Crippen LogP contribution is -2.58. The first-order valence-electron chi connectivity index (χ1n) is 11.1. The summed E-state index contributed by atoms with van der Waals surface area (Å²) in [6.45, 7) is 10.2. The summed E-state index contributed by atoms with van der Waals surface area (Å²) in [7, 11) is 0. The van der Waals surface area contributed by atoms with Gasteiger partial charge in [-0.3, -0.25) is 4.79 Å². The van der Waals surface area contributed by atoms with Crippen LogP contribution in [0.5, 0.6) is 0 Å². The van der Waals surface area contributed by atoms with Crippen LogP contribution in [0.2, 0.25) is 0 Å². The van der Waals surface area contributed by atoms with Crippen LogP contribution in [0, 0.1) is 13.8 Å². The molecule has 5 rings (SSSR count). The van der Waals surface area contributed by atoms with Gasteiger partial charge in [0.25, 0.3) is 5.91 Å². The van der Waals surface area contributed by atoms with Gasteiger partial charge in [-0.05, 0) is 57.4 Å². The molecule has 2 atom stereocenters. The average molecular weight is 429 g/mol. The van der Waals surface area contributed by atoms with E-state index >= 15 is 0 Å². The van der Waals surface area contributed by atoms with Crippen LogP contribution in [-0.4, -0.2) is 27.8 Å². The van der Waals surface area contributed by atoms with Crippen LogP contribution in [0.1, 0.15) is 50.6 Å². The first-order valence-corrected chi connectivity index (χ1v) is 11.1. The molecule has 164 valence electrons. The number of fused-ring (bicyclic) bond motifs is 1. The van der Waals surface area contributed by atoms with Gasteiger partial charge in [-0.15, -0.1) is 0 Å². The van der Waals surface area contributed by atoms with Crippen molar-refractivity contribution >= 4 is 5.91 Å². The first kappa shape index (κ1) is 20.5. The van der Waals surface area contributed by atoms with Gasteiger partial charge in [-0.2, -0.15) is 20.4 Å². The lowest BCUT2D eigenvalue weighted by Gasteiger charge is -2.48. The van der Waals surface area contributed by atoms with E-state index in [2.05, 4.69) is 68.3 Å². The van der Waals surface area contributed by atoms with Crippen LogP contribution in [0.3, 0.4) is 0 Å². The summed E-state index contributed by atoms with van der Waals surface area (Å²) in [6, 6.07) is 10.5. The summed E-state index contributed by atoms with van der Waals surface area (Å²) in [6.07, 6.45) is 3.03. The van der Waals surface area contributed by atoms with E-state index in [9.17, 15) is 4.79 Å². The summed E-state index contributed by atoms with van der Waals surface area (Å²) in [5, 5.41) is 23.9. The van der Waals surface area contributed by atoms with E-state index in [4.69, 9.17) is 0 Å². The zero-order chi connectivity index (χ0) is 22.7. The fourth-order valence-electron chi connectivity index (χ4n) is 5.40. The SMILES string of the molecule is CC[C@]1(c2cccc(-c3cc(C)nnc3C)c2)C2=CN=NC2NC2=C1C(=O)NC(C)(C)C2. The van der Waals surface area contributed by atoms with Crippen LogP contribution in [-0.2, 0) is 10.2 Å². The Labute approximate surface area is 188 Å². The molecule has 1 unspecified atom stereocenters. The van der Waals surface area contributed by atoms with E-state index in [1.165, 1.54) is 0 Å². The van der Waals surface area contributed by atoms with Crippen molar-refractivity contribution in [1.82, 2.24) is 20.8 Å². The number of azo groups is 1. The monoisotopic (exact) mass is 428 g/mol. The van der Waals surface area contributed by atoms with E-state index in [-0.39, 0.29) is 17.6 Å². The molecule has 0 saturated heterocycles. The van der Waals surface area contributed by atoms with Crippen LogP contribution >= 0.6 is 0 Å². The van der Waals surface area contributed by atoms with Crippen LogP contribution in [0.15, 0.2) is 63.6 Å². The number of hydrogen-bond donors (Lipinski definition) is 2. The van der Waals surface area contributed by atoms with Crippen molar-refractivity contribution in [1.29, 1.82) is 0 Å². The minimum absolute atomic E-state index is 0.0279. The van der Waals surface area contributed by atoms with Crippen molar-refractivity contribution in [2.45, 2.75) is 64.6 Å². The fourth-order valence-corrected chi connectivity index (χ4v) is 5.40. The quantitative estimate of drug-likeness (QED) is 0.765. The maximum absolute atomic E-state index is 13.5. The normalized spacial score (nSPS) is 25.6. The van der Waals surface area contributed by atoms with Crippen LogP contribution in [0.4, 0.5) is 0 Å². The van der Waals surface area contributed by atoms with E-state index in [1.807, 2.05) is 33.9 Å². The second-order valence-electron chi connectivity index (χ2n) is 9.56. The molecule has 0 aliphatic carbocycles. The number of nitrogens with one attached hydrogen (secondary N) is 2. The predicted octanol–water partition coefficient (Wildman–Crippen LogP) is 4.24. The van der Waals surface area contributed by atoms with Crippen LogP contribution < -0.4 is 10.6 Å². The van der Waals surface area contributed by atoms with Gasteiger partial charge in [0, 0.05) is 28.8 Å². The number of benzene rings is 1. The van der Waals surface area contributed by atoms with Crippen molar-refractivity contribution in [2.24, 2.45) is 10.2 Å². The minimum Gasteiger partial charge on any atom is -0.362 e. The Hall–Kier alpha value is -3.35. The smallest absolute Gasteiger partial charge is 0.250 e. The van der Waals surface area contributed by atoms with Gasteiger partial charge >= 0.3 is 0 Å². The molecular formula is C25H28N6O. The summed E-state index contributed by atoms with van der Waals surface area (Å²) in [4.78, 5) is 13.5. The lowest BCUT2D eigenvalue weighted by molar-refractivity contribution is -0.120. The van der Waals surface area contributed by atoms with Gasteiger partial charge in [-0.25, -0.2) is 0 Å². The van der Waals surface area contributed by atoms with Gasteiger partial charge in [0.05, 0.1) is 28.6 Å². The molecule has 32 heavy (non-hydrogen) atoms. The molecule has 4 heterocycles. The Morgan fingerprint density at radius 3 is 2.75 bits per heavy atom. The Bertz CT molecular complexity index is 1220. The second-order valence-corrected chi connectivity index (χ2v) is 9.56. The molecule has 3 aliphatic heterocycles. The molecular weight excluding hydrogens is 400 g/mol. The molecule has 2 N–H and O–H groups in total. The standard InChI is InChI=1S/C25H28N6O/c1-6-25(17-9-7-8-16(11-17)18-10-14(2)29-30-15(18)3)19-13-26-31-22(19)27-20-12-24(4,5)28-23(32)21(20)25/h7-11,13,22,27H,6,12H2,1-5H3,(H,28,32)/t22?,25-/m0/s1. The summed E-state index contributed by atoms with van der Waals surface area (Å²) in [5.41, 5.74) is 6.78. The predicted molar refractivity (Wildman–Crippen MR) is 123 cm³/mol. The van der Waals surface area contributed by atoms with Crippen molar-refractivity contribution in [3.05, 3.63) is 70.3 Å². The molecule has 1 aromatic heterocycles. The molecule has 0 fully saturated rings. The van der Waals surface area contributed by atoms with Gasteiger partial charge < -0.3 is 10.6 Å². The third-order valence-corrected chi connectivity index (χ3v) is 6.80. The van der Waals surface area contributed by atoms with Crippen molar-refractivity contribution < 1.29 is 4.79 Å². The second kappa shape index (κ2) is 7.08. The van der Waals surface area contributed by atoms with Crippen molar-refractivity contribution in [3.63, 3.8) is 0 Å². The number of carbonyl (C=O) groups is 1. The molecule has 1 aromatic carbocycles. The van der Waals surface area contributed by atoms with E-state index in [0.717, 1.165) is 57.8 Å². The molecule has 7 nitrogen and oxygen atoms in total. The number of carbonyl (C=O) groups excluding carboxylic acids is 1. The third kappa shape index (κ3) is 2.98. The number of amides is 1. The first-order chi connectivity index (χ1) is 15.2. The molecule has 7 heteroatoms. The van der Waals surface area contributed by atoms with Crippen molar-refractivity contribution in [3.8, 4) is 11.1 Å². The van der Waals surface area contributed by atoms with Gasteiger partial charge in [0.15, 0.2) is 6.17 Å². The molecule has 1 amide bonds. The van der Waals surface area contributed by atoms with Gasteiger partial charge in [0.1, 0.15) is 0 Å². The summed E-state index contributed by atoms with van der Waals surface area (Å²) >= 11 is 0. The summed E-state index contributed by atoms with van der Waals surface area (Å²) in [5.74, 6) is -0.0279. The van der Waals surface area contributed by atoms with Crippen molar-refractivity contribution in [2.75, 3.05) is 0 Å². The maximum Gasteiger partial charge on any atom is 0.250 e. The Balaban J connectivity index is 1.74. The number of aromatic nitrogens is 2. The van der Waals surface area contributed by atoms with E-state index < -0.39 is 5.41 Å². The van der Waals surface area contributed by atoms with Crippen LogP contribution in [0.25, 0.3) is 11.1 Å². The van der Waals surface area contributed by atoms with E-state index in [1.54, 1.807) is 0 Å². The van der Waals surface area contributed by atoms with Gasteiger partial charge in [0.2, 0.25) is 0 Å². The highest BCUT2D eigenvalue weighted by molar-refractivity contribution is 6.00. The highest BCUT2D eigenvalue weighted by Gasteiger charge is 2.53. The Morgan fingerprint density at radius 1 is 1.16 bits per heavy atom. The minimum atomic E-state index is -0.602. The molecule has 0 saturated carbocycles. The Kier molecular flexibility index (Phi) is 4.55. The highest BCUT2D eigenvalue weighted by Crippen LogP contribution is 2.51. The highest BCUT2D eigenvalue weighted by atomic mass is 16.2. The molecule has 0 bridgehead atoms. The number of hydrogen-bond acceptors (Lipinski definition) is 6. The fraction of sp³-hybridized carbons (Fsp3) is 0.400. The number of rotatable bonds is 3. The topological polar surface area (TPSA) is 91.6 Å². The molecule has 0 spiro atoms. The van der Waals surface area contributed by atoms with Gasteiger partial charge in [-0.1, -0.05) is 25.1 Å². The zero-order valence-corrected chi connectivity index (χ0v) is 19.2.